The normalized spacial score (nSPS) is 20.1. The molecule has 4 nitrogen and oxygen atoms in total. The molecule has 1 aromatic rings. The van der Waals surface area contributed by atoms with E-state index in [0.717, 1.165) is 11.4 Å². The van der Waals surface area contributed by atoms with Gasteiger partial charge in [0.1, 0.15) is 5.75 Å². The van der Waals surface area contributed by atoms with Gasteiger partial charge in [-0.2, -0.15) is 0 Å². The van der Waals surface area contributed by atoms with Crippen LogP contribution in [0.25, 0.3) is 0 Å². The molecule has 0 bridgehead atoms. The Balaban J connectivity index is 2.01. The van der Waals surface area contributed by atoms with Crippen molar-refractivity contribution in [3.63, 3.8) is 0 Å². The maximum absolute atomic E-state index is 11.2. The first-order valence-corrected chi connectivity index (χ1v) is 5.96. The zero-order valence-electron chi connectivity index (χ0n) is 8.40. The van der Waals surface area contributed by atoms with Gasteiger partial charge in [0.2, 0.25) is 0 Å². The second kappa shape index (κ2) is 4.53. The summed E-state index contributed by atoms with van der Waals surface area (Å²) in [6, 6.07) is 3.72. The van der Waals surface area contributed by atoms with Crippen LogP contribution in [0.5, 0.6) is 5.75 Å². The highest BCUT2D eigenvalue weighted by atomic mass is 32.2. The van der Waals surface area contributed by atoms with Gasteiger partial charge in [0.15, 0.2) is 6.10 Å². The molecule has 0 saturated carbocycles. The number of hydrogen-bond acceptors (Lipinski definition) is 4. The lowest BCUT2D eigenvalue weighted by atomic mass is 10.3. The third kappa shape index (κ3) is 2.41. The standard InChI is InChI=1S/C10H12N2O2S/c1-15-9-3-2-7(6-12-9)14-8-4-5-11-10(8)13/h2-3,6,8H,4-5H2,1H3,(H,11,13). The molecule has 0 spiro atoms. The van der Waals surface area contributed by atoms with Gasteiger partial charge in [-0.05, 0) is 18.4 Å². The molecule has 80 valence electrons. The molecular formula is C10H12N2O2S. The average Bonchev–Trinajstić information content (AvgIpc) is 2.66. The fraction of sp³-hybridized carbons (Fsp3) is 0.400. The number of thioether (sulfide) groups is 1. The quantitative estimate of drug-likeness (QED) is 0.780. The van der Waals surface area contributed by atoms with Gasteiger partial charge in [-0.1, -0.05) is 0 Å². The Hall–Kier alpha value is -1.23. The van der Waals surface area contributed by atoms with Crippen molar-refractivity contribution in [2.75, 3.05) is 12.8 Å². The van der Waals surface area contributed by atoms with E-state index in [1.807, 2.05) is 18.4 Å². The minimum Gasteiger partial charge on any atom is -0.479 e. The topological polar surface area (TPSA) is 51.2 Å². The highest BCUT2D eigenvalue weighted by Gasteiger charge is 2.25. The molecule has 2 heterocycles. The molecule has 1 aliphatic heterocycles. The van der Waals surface area contributed by atoms with Crippen molar-refractivity contribution in [3.05, 3.63) is 18.3 Å². The summed E-state index contributed by atoms with van der Waals surface area (Å²) in [5.74, 6) is 0.610. The van der Waals surface area contributed by atoms with Gasteiger partial charge >= 0.3 is 0 Å². The largest absolute Gasteiger partial charge is 0.479 e. The van der Waals surface area contributed by atoms with Crippen LogP contribution < -0.4 is 10.1 Å². The number of carbonyl (C=O) groups is 1. The Morgan fingerprint density at radius 1 is 1.60 bits per heavy atom. The predicted octanol–water partition coefficient (Wildman–Crippen LogP) is 1.07. The zero-order valence-corrected chi connectivity index (χ0v) is 9.21. The number of carbonyl (C=O) groups excluding carboxylic acids is 1. The number of rotatable bonds is 3. The van der Waals surface area contributed by atoms with E-state index in [0.29, 0.717) is 12.3 Å². The zero-order chi connectivity index (χ0) is 10.7. The second-order valence-corrected chi connectivity index (χ2v) is 4.05. The van der Waals surface area contributed by atoms with Gasteiger partial charge in [-0.15, -0.1) is 11.8 Å². The van der Waals surface area contributed by atoms with Crippen molar-refractivity contribution in [2.45, 2.75) is 17.6 Å². The van der Waals surface area contributed by atoms with Crippen LogP contribution in [-0.4, -0.2) is 29.8 Å². The molecule has 0 aliphatic carbocycles. The van der Waals surface area contributed by atoms with Crippen LogP contribution in [0, 0.1) is 0 Å². The van der Waals surface area contributed by atoms with Gasteiger partial charge in [0.05, 0.1) is 11.2 Å². The van der Waals surface area contributed by atoms with E-state index in [4.69, 9.17) is 4.74 Å². The Bertz CT molecular complexity index is 353. The molecule has 2 rings (SSSR count). The fourth-order valence-electron chi connectivity index (χ4n) is 1.41. The summed E-state index contributed by atoms with van der Waals surface area (Å²) in [4.78, 5) is 15.4. The predicted molar refractivity (Wildman–Crippen MR) is 58.1 cm³/mol. The molecule has 1 aromatic heterocycles. The molecule has 1 atom stereocenters. The number of nitrogens with zero attached hydrogens (tertiary/aromatic N) is 1. The molecule has 5 heteroatoms. The molecule has 1 fully saturated rings. The second-order valence-electron chi connectivity index (χ2n) is 3.22. The lowest BCUT2D eigenvalue weighted by Crippen LogP contribution is -2.27. The number of amides is 1. The molecule has 1 aliphatic rings. The Labute approximate surface area is 92.4 Å². The number of aromatic nitrogens is 1. The summed E-state index contributed by atoms with van der Waals surface area (Å²) in [7, 11) is 0. The van der Waals surface area contributed by atoms with E-state index in [2.05, 4.69) is 10.3 Å². The van der Waals surface area contributed by atoms with E-state index in [1.165, 1.54) is 0 Å². The van der Waals surface area contributed by atoms with E-state index in [-0.39, 0.29) is 12.0 Å². The van der Waals surface area contributed by atoms with Crippen LogP contribution >= 0.6 is 11.8 Å². The maximum Gasteiger partial charge on any atom is 0.261 e. The molecule has 1 amide bonds. The minimum atomic E-state index is -0.355. The van der Waals surface area contributed by atoms with Gasteiger partial charge < -0.3 is 10.1 Å². The van der Waals surface area contributed by atoms with Crippen molar-refractivity contribution >= 4 is 17.7 Å². The first-order chi connectivity index (χ1) is 7.29. The molecule has 0 aromatic carbocycles. The molecule has 0 radical (unpaired) electrons. The summed E-state index contributed by atoms with van der Waals surface area (Å²) in [6.07, 6.45) is 3.99. The summed E-state index contributed by atoms with van der Waals surface area (Å²) in [6.45, 7) is 0.694. The Morgan fingerprint density at radius 3 is 3.00 bits per heavy atom. The van der Waals surface area contributed by atoms with Gasteiger partial charge in [0.25, 0.3) is 5.91 Å². The first kappa shape index (κ1) is 10.3. The van der Waals surface area contributed by atoms with Crippen LogP contribution in [-0.2, 0) is 4.79 Å². The first-order valence-electron chi connectivity index (χ1n) is 4.74. The number of nitrogens with one attached hydrogen (secondary N) is 1. The van der Waals surface area contributed by atoms with E-state index < -0.39 is 0 Å². The van der Waals surface area contributed by atoms with E-state index in [9.17, 15) is 4.79 Å². The number of hydrogen-bond donors (Lipinski definition) is 1. The Morgan fingerprint density at radius 2 is 2.47 bits per heavy atom. The highest BCUT2D eigenvalue weighted by Crippen LogP contribution is 2.18. The molecule has 1 N–H and O–H groups in total. The molecule has 1 saturated heterocycles. The monoisotopic (exact) mass is 224 g/mol. The van der Waals surface area contributed by atoms with Crippen molar-refractivity contribution in [3.8, 4) is 5.75 Å². The average molecular weight is 224 g/mol. The third-order valence-corrected chi connectivity index (χ3v) is 2.85. The summed E-state index contributed by atoms with van der Waals surface area (Å²) < 4.78 is 5.50. The van der Waals surface area contributed by atoms with Gasteiger partial charge in [0, 0.05) is 13.0 Å². The van der Waals surface area contributed by atoms with Gasteiger partial charge in [-0.25, -0.2) is 4.98 Å². The van der Waals surface area contributed by atoms with Gasteiger partial charge in [-0.3, -0.25) is 4.79 Å². The number of pyridine rings is 1. The van der Waals surface area contributed by atoms with Crippen LogP contribution in [0.1, 0.15) is 6.42 Å². The molecule has 15 heavy (non-hydrogen) atoms. The molecular weight excluding hydrogens is 212 g/mol. The summed E-state index contributed by atoms with van der Waals surface area (Å²) in [5.41, 5.74) is 0. The van der Waals surface area contributed by atoms with Crippen molar-refractivity contribution in [1.29, 1.82) is 0 Å². The fourth-order valence-corrected chi connectivity index (χ4v) is 1.77. The minimum absolute atomic E-state index is 0.0380. The smallest absolute Gasteiger partial charge is 0.261 e. The van der Waals surface area contributed by atoms with Crippen LogP contribution in [0.2, 0.25) is 0 Å². The lowest BCUT2D eigenvalue weighted by Gasteiger charge is -2.10. The van der Waals surface area contributed by atoms with Crippen LogP contribution in [0.15, 0.2) is 23.4 Å². The molecule has 1 unspecified atom stereocenters. The lowest BCUT2D eigenvalue weighted by molar-refractivity contribution is -0.124. The summed E-state index contributed by atoms with van der Waals surface area (Å²) in [5, 5.41) is 3.67. The Kier molecular flexibility index (Phi) is 3.11. The summed E-state index contributed by atoms with van der Waals surface area (Å²) >= 11 is 1.57. The third-order valence-electron chi connectivity index (χ3n) is 2.19. The van der Waals surface area contributed by atoms with Crippen LogP contribution in [0.3, 0.4) is 0 Å². The maximum atomic E-state index is 11.2. The van der Waals surface area contributed by atoms with Crippen LogP contribution in [0.4, 0.5) is 0 Å². The van der Waals surface area contributed by atoms with Crippen molar-refractivity contribution in [1.82, 2.24) is 10.3 Å². The van der Waals surface area contributed by atoms with E-state index in [1.54, 1.807) is 18.0 Å². The highest BCUT2D eigenvalue weighted by molar-refractivity contribution is 7.98. The van der Waals surface area contributed by atoms with Crippen molar-refractivity contribution < 1.29 is 9.53 Å². The number of ether oxygens (including phenoxy) is 1. The SMILES string of the molecule is CSc1ccc(OC2CCNC2=O)cn1. The van der Waals surface area contributed by atoms with Crippen molar-refractivity contribution in [2.24, 2.45) is 0 Å². The van der Waals surface area contributed by atoms with E-state index >= 15 is 0 Å².